The summed E-state index contributed by atoms with van der Waals surface area (Å²) in [6.45, 7) is 6.30. The number of hydrogen-bond acceptors (Lipinski definition) is 3. The predicted molar refractivity (Wildman–Crippen MR) is 114 cm³/mol. The minimum absolute atomic E-state index is 0.0938. The molecule has 142 valence electrons. The Morgan fingerprint density at radius 2 is 1.93 bits per heavy atom. The molecule has 0 fully saturated rings. The molecule has 1 N–H and O–H groups in total. The van der Waals surface area contributed by atoms with E-state index in [0.717, 1.165) is 40.4 Å². The molecule has 5 nitrogen and oxygen atoms in total. The fourth-order valence-electron chi connectivity index (χ4n) is 3.49. The Labute approximate surface area is 168 Å². The Kier molecular flexibility index (Phi) is 4.88. The van der Waals surface area contributed by atoms with Crippen LogP contribution in [0.3, 0.4) is 0 Å². The average Bonchev–Trinajstić information content (AvgIpc) is 3.39. The predicted octanol–water partition coefficient (Wildman–Crippen LogP) is 4.84. The van der Waals surface area contributed by atoms with Gasteiger partial charge in [0.05, 0.1) is 24.3 Å². The summed E-state index contributed by atoms with van der Waals surface area (Å²) >= 11 is 1.74. The highest BCUT2D eigenvalue weighted by atomic mass is 32.1. The molecule has 3 aromatic heterocycles. The summed E-state index contributed by atoms with van der Waals surface area (Å²) in [6, 6.07) is 16.5. The average molecular weight is 391 g/mol. The van der Waals surface area contributed by atoms with E-state index in [-0.39, 0.29) is 5.91 Å². The molecule has 4 rings (SSSR count). The summed E-state index contributed by atoms with van der Waals surface area (Å²) in [4.78, 5) is 17.7. The van der Waals surface area contributed by atoms with Crippen LogP contribution in [-0.2, 0) is 11.3 Å². The maximum absolute atomic E-state index is 11.6. The van der Waals surface area contributed by atoms with Crippen LogP contribution in [0.5, 0.6) is 0 Å². The fraction of sp³-hybridized carbons (Fsp3) is 0.182. The lowest BCUT2D eigenvalue weighted by atomic mass is 10.0. The lowest BCUT2D eigenvalue weighted by Gasteiger charge is -2.12. The van der Waals surface area contributed by atoms with Crippen molar-refractivity contribution >= 4 is 17.2 Å². The first-order chi connectivity index (χ1) is 13.5. The van der Waals surface area contributed by atoms with Crippen LogP contribution in [-0.4, -0.2) is 20.1 Å². The van der Waals surface area contributed by atoms with Gasteiger partial charge in [-0.05, 0) is 31.4 Å². The zero-order chi connectivity index (χ0) is 19.7. The Hall–Kier alpha value is -3.12. The number of amides is 1. The van der Waals surface area contributed by atoms with Crippen LogP contribution in [0.1, 0.15) is 23.2 Å². The van der Waals surface area contributed by atoms with Crippen molar-refractivity contribution in [3.63, 3.8) is 0 Å². The number of hydrogen-bond donors (Lipinski definition) is 1. The van der Waals surface area contributed by atoms with Crippen LogP contribution in [0.15, 0.2) is 60.2 Å². The van der Waals surface area contributed by atoms with E-state index in [1.165, 1.54) is 11.8 Å². The topological polar surface area (TPSA) is 51.9 Å². The molecule has 4 aromatic rings. The first-order valence-corrected chi connectivity index (χ1v) is 10.0. The molecule has 0 saturated carbocycles. The molecule has 0 atom stereocenters. The minimum Gasteiger partial charge on any atom is -0.325 e. The number of benzene rings is 1. The van der Waals surface area contributed by atoms with Gasteiger partial charge in [0, 0.05) is 34.3 Å². The van der Waals surface area contributed by atoms with Crippen molar-refractivity contribution in [2.75, 3.05) is 5.43 Å². The van der Waals surface area contributed by atoms with Gasteiger partial charge in [-0.2, -0.15) is 0 Å². The van der Waals surface area contributed by atoms with E-state index in [0.29, 0.717) is 0 Å². The van der Waals surface area contributed by atoms with Crippen molar-refractivity contribution < 1.29 is 4.79 Å². The second-order valence-corrected chi connectivity index (χ2v) is 7.84. The van der Waals surface area contributed by atoms with E-state index in [1.54, 1.807) is 11.3 Å². The van der Waals surface area contributed by atoms with Gasteiger partial charge in [0.15, 0.2) is 0 Å². The molecule has 0 aliphatic carbocycles. The van der Waals surface area contributed by atoms with Gasteiger partial charge in [-0.1, -0.05) is 36.4 Å². The summed E-state index contributed by atoms with van der Waals surface area (Å²) in [5, 5.41) is 2.09. The summed E-state index contributed by atoms with van der Waals surface area (Å²) in [6.07, 6.45) is 1.90. The second kappa shape index (κ2) is 7.48. The number of nitrogens with one attached hydrogen (secondary N) is 1. The van der Waals surface area contributed by atoms with Crippen molar-refractivity contribution in [1.29, 1.82) is 0 Å². The van der Waals surface area contributed by atoms with Crippen molar-refractivity contribution in [2.24, 2.45) is 0 Å². The van der Waals surface area contributed by atoms with Gasteiger partial charge in [0.25, 0.3) is 0 Å². The Morgan fingerprint density at radius 1 is 1.14 bits per heavy atom. The maximum atomic E-state index is 11.6. The second-order valence-electron chi connectivity index (χ2n) is 6.80. The fourth-order valence-corrected chi connectivity index (χ4v) is 4.20. The van der Waals surface area contributed by atoms with Crippen LogP contribution in [0.2, 0.25) is 0 Å². The lowest BCUT2D eigenvalue weighted by molar-refractivity contribution is -0.115. The Bertz CT molecular complexity index is 1110. The zero-order valence-electron chi connectivity index (χ0n) is 16.1. The number of aromatic nitrogens is 3. The van der Waals surface area contributed by atoms with E-state index in [4.69, 9.17) is 4.98 Å². The van der Waals surface area contributed by atoms with Crippen molar-refractivity contribution in [2.45, 2.75) is 27.3 Å². The first kappa shape index (κ1) is 18.3. The highest BCUT2D eigenvalue weighted by Gasteiger charge is 2.21. The molecule has 3 heterocycles. The largest absolute Gasteiger partial charge is 0.325 e. The normalized spacial score (nSPS) is 11.0. The molecular weight excluding hydrogens is 368 g/mol. The Morgan fingerprint density at radius 3 is 2.61 bits per heavy atom. The molecule has 0 saturated heterocycles. The molecular formula is C22H22N4OS. The maximum Gasteiger partial charge on any atom is 0.235 e. The van der Waals surface area contributed by atoms with Gasteiger partial charge in [-0.15, -0.1) is 11.3 Å². The van der Waals surface area contributed by atoms with Crippen molar-refractivity contribution in [3.05, 3.63) is 76.5 Å². The third-order valence-corrected chi connectivity index (χ3v) is 5.61. The summed E-state index contributed by atoms with van der Waals surface area (Å²) in [5.74, 6) is -0.0938. The molecule has 0 radical (unpaired) electrons. The molecule has 0 aliphatic heterocycles. The van der Waals surface area contributed by atoms with Gasteiger partial charge in [-0.25, -0.2) is 4.98 Å². The number of rotatable bonds is 5. The van der Waals surface area contributed by atoms with Crippen LogP contribution >= 0.6 is 11.3 Å². The van der Waals surface area contributed by atoms with E-state index in [2.05, 4.69) is 45.7 Å². The van der Waals surface area contributed by atoms with E-state index < -0.39 is 0 Å². The molecule has 0 spiro atoms. The number of thiophene rings is 1. The third-order valence-electron chi connectivity index (χ3n) is 4.75. The van der Waals surface area contributed by atoms with Crippen LogP contribution in [0, 0.1) is 13.8 Å². The van der Waals surface area contributed by atoms with Gasteiger partial charge in [-0.3, -0.25) is 14.9 Å². The lowest BCUT2D eigenvalue weighted by Crippen LogP contribution is -2.21. The number of aryl methyl sites for hydroxylation is 1. The molecule has 6 heteroatoms. The molecule has 1 aromatic carbocycles. The van der Waals surface area contributed by atoms with Gasteiger partial charge < -0.3 is 4.57 Å². The number of imidazole rings is 1. The van der Waals surface area contributed by atoms with E-state index >= 15 is 0 Å². The third kappa shape index (κ3) is 3.39. The van der Waals surface area contributed by atoms with Gasteiger partial charge in [0.1, 0.15) is 0 Å². The Balaban J connectivity index is 1.89. The summed E-state index contributed by atoms with van der Waals surface area (Å²) in [5.41, 5.74) is 9.01. The van der Waals surface area contributed by atoms with E-state index in [9.17, 15) is 4.79 Å². The summed E-state index contributed by atoms with van der Waals surface area (Å²) in [7, 11) is 0. The molecule has 28 heavy (non-hydrogen) atoms. The quantitative estimate of drug-likeness (QED) is 0.530. The van der Waals surface area contributed by atoms with Crippen molar-refractivity contribution in [1.82, 2.24) is 14.2 Å². The zero-order valence-corrected chi connectivity index (χ0v) is 17.0. The number of nitrogens with zero attached hydrogens (tertiary/aromatic N) is 3. The minimum atomic E-state index is -0.0938. The molecule has 0 bridgehead atoms. The molecule has 0 unspecified atom stereocenters. The number of carbonyl (C=O) groups excluding carboxylic acids is 1. The van der Waals surface area contributed by atoms with Crippen LogP contribution in [0.4, 0.5) is 0 Å². The van der Waals surface area contributed by atoms with Gasteiger partial charge in [0.2, 0.25) is 5.91 Å². The van der Waals surface area contributed by atoms with Crippen LogP contribution in [0.25, 0.3) is 22.5 Å². The number of carbonyl (C=O) groups is 1. The van der Waals surface area contributed by atoms with E-state index in [1.807, 2.05) is 43.0 Å². The van der Waals surface area contributed by atoms with Crippen LogP contribution < -0.4 is 5.43 Å². The highest BCUT2D eigenvalue weighted by molar-refractivity contribution is 7.09. The smallest absolute Gasteiger partial charge is 0.235 e. The summed E-state index contributed by atoms with van der Waals surface area (Å²) < 4.78 is 4.03. The van der Waals surface area contributed by atoms with Gasteiger partial charge >= 0.3 is 0 Å². The first-order valence-electron chi connectivity index (χ1n) is 9.14. The monoisotopic (exact) mass is 390 g/mol. The van der Waals surface area contributed by atoms with Crippen molar-refractivity contribution in [3.8, 4) is 22.5 Å². The molecule has 1 amide bonds. The molecule has 0 aliphatic rings. The SMILES string of the molecule is CC(=O)Nn1c(C)cc(-c2c(-c3ccccc3)ncn2Cc2cccs2)c1C. The highest BCUT2D eigenvalue weighted by Crippen LogP contribution is 2.35. The standard InChI is InChI=1S/C22H22N4OS/c1-15-12-20(16(2)26(15)24-17(3)27)22-21(18-8-5-4-6-9-18)23-14-25(22)13-19-10-7-11-28-19/h4-12,14H,13H2,1-3H3,(H,24,27).